The molecule has 0 aliphatic carbocycles. The molecule has 0 bridgehead atoms. The fraction of sp³-hybridized carbons (Fsp3) is 0.0909. The van der Waals surface area contributed by atoms with Crippen LogP contribution in [0.25, 0.3) is 11.3 Å². The van der Waals surface area contributed by atoms with Crippen molar-refractivity contribution in [3.05, 3.63) is 46.8 Å². The van der Waals surface area contributed by atoms with Crippen molar-refractivity contribution >= 4 is 15.9 Å². The van der Waals surface area contributed by atoms with Crippen molar-refractivity contribution in [1.29, 1.82) is 0 Å². The summed E-state index contributed by atoms with van der Waals surface area (Å²) in [5.74, 6) is 0. The number of hydrogen-bond acceptors (Lipinski definition) is 2. The molecule has 0 aromatic carbocycles. The van der Waals surface area contributed by atoms with Gasteiger partial charge in [0.25, 0.3) is 0 Å². The first-order chi connectivity index (χ1) is 6.77. The van der Waals surface area contributed by atoms with Crippen LogP contribution in [0.5, 0.6) is 0 Å². The Kier molecular flexibility index (Phi) is 2.59. The van der Waals surface area contributed by atoms with Crippen LogP contribution in [0.3, 0.4) is 0 Å². The minimum atomic E-state index is 0.835. The average Bonchev–Trinajstić information content (AvgIpc) is 2.23. The summed E-state index contributed by atoms with van der Waals surface area (Å²) in [6, 6.07) is 7.92. The van der Waals surface area contributed by atoms with Crippen molar-refractivity contribution in [3.63, 3.8) is 0 Å². The Morgan fingerprint density at radius 2 is 2.07 bits per heavy atom. The molecule has 3 heteroatoms. The molecule has 0 saturated heterocycles. The van der Waals surface area contributed by atoms with Crippen LogP contribution in [-0.2, 0) is 0 Å². The number of aromatic nitrogens is 2. The van der Waals surface area contributed by atoms with Gasteiger partial charge in [0.05, 0.1) is 5.69 Å². The minimum Gasteiger partial charge on any atom is -0.256 e. The van der Waals surface area contributed by atoms with Gasteiger partial charge in [-0.1, -0.05) is 6.07 Å². The molecule has 2 heterocycles. The van der Waals surface area contributed by atoms with E-state index in [0.717, 1.165) is 21.4 Å². The van der Waals surface area contributed by atoms with Crippen LogP contribution in [0.2, 0.25) is 0 Å². The zero-order valence-electron chi connectivity index (χ0n) is 7.74. The van der Waals surface area contributed by atoms with Crippen molar-refractivity contribution in [3.8, 4) is 11.3 Å². The summed E-state index contributed by atoms with van der Waals surface area (Å²) in [6.07, 6.45) is 3.61. The van der Waals surface area contributed by atoms with E-state index >= 15 is 0 Å². The van der Waals surface area contributed by atoms with Gasteiger partial charge in [0.1, 0.15) is 4.60 Å². The van der Waals surface area contributed by atoms with Crippen LogP contribution in [0.4, 0.5) is 0 Å². The van der Waals surface area contributed by atoms with E-state index in [1.807, 2.05) is 31.3 Å². The summed E-state index contributed by atoms with van der Waals surface area (Å²) in [5.41, 5.74) is 3.11. The lowest BCUT2D eigenvalue weighted by molar-refractivity contribution is 1.21. The second-order valence-corrected chi connectivity index (χ2v) is 3.82. The number of nitrogens with zero attached hydrogens (tertiary/aromatic N) is 2. The van der Waals surface area contributed by atoms with E-state index < -0.39 is 0 Å². The molecule has 0 saturated carbocycles. The Hall–Kier alpha value is -1.22. The maximum atomic E-state index is 4.28. The third-order valence-electron chi connectivity index (χ3n) is 1.92. The Balaban J connectivity index is 2.57. The molecule has 0 fully saturated rings. The van der Waals surface area contributed by atoms with Gasteiger partial charge in [-0.3, -0.25) is 4.98 Å². The molecular formula is C11H9BrN2. The monoisotopic (exact) mass is 248 g/mol. The summed E-state index contributed by atoms with van der Waals surface area (Å²) < 4.78 is 0.835. The first-order valence-corrected chi connectivity index (χ1v) is 5.10. The third-order valence-corrected chi connectivity index (χ3v) is 2.55. The Labute approximate surface area is 91.2 Å². The molecule has 0 spiro atoms. The van der Waals surface area contributed by atoms with Crippen LogP contribution in [0.15, 0.2) is 41.3 Å². The highest BCUT2D eigenvalue weighted by molar-refractivity contribution is 9.10. The van der Waals surface area contributed by atoms with Crippen molar-refractivity contribution in [2.45, 2.75) is 6.92 Å². The summed E-state index contributed by atoms with van der Waals surface area (Å²) in [5, 5.41) is 0. The zero-order valence-corrected chi connectivity index (χ0v) is 9.32. The highest BCUT2D eigenvalue weighted by Crippen LogP contribution is 2.24. The summed E-state index contributed by atoms with van der Waals surface area (Å²) in [4.78, 5) is 8.51. The van der Waals surface area contributed by atoms with Gasteiger partial charge in [-0.2, -0.15) is 0 Å². The summed E-state index contributed by atoms with van der Waals surface area (Å²) >= 11 is 3.42. The average molecular weight is 249 g/mol. The molecule has 0 amide bonds. The second-order valence-electron chi connectivity index (χ2n) is 3.07. The van der Waals surface area contributed by atoms with Gasteiger partial charge in [0.2, 0.25) is 0 Å². The van der Waals surface area contributed by atoms with E-state index in [1.165, 1.54) is 0 Å². The number of pyridine rings is 2. The van der Waals surface area contributed by atoms with E-state index in [9.17, 15) is 0 Å². The van der Waals surface area contributed by atoms with Gasteiger partial charge in [-0.15, -0.1) is 0 Å². The molecule has 0 aliphatic rings. The van der Waals surface area contributed by atoms with Gasteiger partial charge in [-0.05, 0) is 46.6 Å². The van der Waals surface area contributed by atoms with Crippen molar-refractivity contribution in [1.82, 2.24) is 9.97 Å². The van der Waals surface area contributed by atoms with Crippen molar-refractivity contribution < 1.29 is 0 Å². The van der Waals surface area contributed by atoms with Crippen LogP contribution in [0.1, 0.15) is 5.56 Å². The number of hydrogen-bond donors (Lipinski definition) is 0. The van der Waals surface area contributed by atoms with Crippen molar-refractivity contribution in [2.75, 3.05) is 0 Å². The van der Waals surface area contributed by atoms with Gasteiger partial charge >= 0.3 is 0 Å². The predicted molar refractivity (Wildman–Crippen MR) is 59.9 cm³/mol. The van der Waals surface area contributed by atoms with Gasteiger partial charge < -0.3 is 0 Å². The van der Waals surface area contributed by atoms with Crippen LogP contribution < -0.4 is 0 Å². The molecule has 2 aromatic rings. The van der Waals surface area contributed by atoms with Gasteiger partial charge in [0.15, 0.2) is 0 Å². The zero-order chi connectivity index (χ0) is 9.97. The number of aryl methyl sites for hydroxylation is 1. The number of rotatable bonds is 1. The molecule has 70 valence electrons. The van der Waals surface area contributed by atoms with Crippen LogP contribution in [0, 0.1) is 6.92 Å². The fourth-order valence-electron chi connectivity index (χ4n) is 1.25. The Morgan fingerprint density at radius 1 is 1.21 bits per heavy atom. The lowest BCUT2D eigenvalue weighted by Crippen LogP contribution is -1.87. The molecule has 0 N–H and O–H groups in total. The van der Waals surface area contributed by atoms with E-state index in [-0.39, 0.29) is 0 Å². The topological polar surface area (TPSA) is 25.8 Å². The first-order valence-electron chi connectivity index (χ1n) is 4.31. The SMILES string of the molecule is Cc1cnc(Br)c(-c2ccccn2)c1. The van der Waals surface area contributed by atoms with E-state index in [4.69, 9.17) is 0 Å². The molecule has 14 heavy (non-hydrogen) atoms. The smallest absolute Gasteiger partial charge is 0.115 e. The van der Waals surface area contributed by atoms with E-state index in [2.05, 4.69) is 32.0 Å². The predicted octanol–water partition coefficient (Wildman–Crippen LogP) is 3.21. The largest absolute Gasteiger partial charge is 0.256 e. The van der Waals surface area contributed by atoms with Gasteiger partial charge in [0, 0.05) is 18.0 Å². The molecule has 0 unspecified atom stereocenters. The molecule has 0 aliphatic heterocycles. The summed E-state index contributed by atoms with van der Waals surface area (Å²) in [7, 11) is 0. The normalized spacial score (nSPS) is 10.1. The molecule has 2 rings (SSSR count). The maximum Gasteiger partial charge on any atom is 0.115 e. The second kappa shape index (κ2) is 3.88. The lowest BCUT2D eigenvalue weighted by atomic mass is 10.1. The van der Waals surface area contributed by atoms with Crippen LogP contribution >= 0.6 is 15.9 Å². The first kappa shape index (κ1) is 9.34. The quantitative estimate of drug-likeness (QED) is 0.725. The van der Waals surface area contributed by atoms with Gasteiger partial charge in [-0.25, -0.2) is 4.98 Å². The Morgan fingerprint density at radius 3 is 2.79 bits per heavy atom. The third kappa shape index (κ3) is 1.82. The highest BCUT2D eigenvalue weighted by Gasteiger charge is 2.04. The Bertz CT molecular complexity index is 440. The molecule has 0 atom stereocenters. The standard InChI is InChI=1S/C11H9BrN2/c1-8-6-9(11(12)14-7-8)10-4-2-3-5-13-10/h2-7H,1H3. The molecule has 2 nitrogen and oxygen atoms in total. The fourth-order valence-corrected chi connectivity index (χ4v) is 1.67. The summed E-state index contributed by atoms with van der Waals surface area (Å²) in [6.45, 7) is 2.02. The highest BCUT2D eigenvalue weighted by atomic mass is 79.9. The lowest BCUT2D eigenvalue weighted by Gasteiger charge is -2.03. The number of halogens is 1. The van der Waals surface area contributed by atoms with E-state index in [0.29, 0.717) is 0 Å². The van der Waals surface area contributed by atoms with Crippen molar-refractivity contribution in [2.24, 2.45) is 0 Å². The minimum absolute atomic E-state index is 0.835. The van der Waals surface area contributed by atoms with Crippen LogP contribution in [-0.4, -0.2) is 9.97 Å². The maximum absolute atomic E-state index is 4.28. The molecule has 2 aromatic heterocycles. The molecular weight excluding hydrogens is 240 g/mol. The molecule has 0 radical (unpaired) electrons. The van der Waals surface area contributed by atoms with E-state index in [1.54, 1.807) is 6.20 Å².